The van der Waals surface area contributed by atoms with Crippen molar-refractivity contribution in [3.63, 3.8) is 0 Å². The molecule has 0 spiro atoms. The van der Waals surface area contributed by atoms with Crippen molar-refractivity contribution in [2.24, 2.45) is 0 Å². The highest BCUT2D eigenvalue weighted by Gasteiger charge is 2.08. The number of ether oxygens (including phenoxy) is 1. The first kappa shape index (κ1) is 10.4. The smallest absolute Gasteiger partial charge is 0.258 e. The highest BCUT2D eigenvalue weighted by atomic mass is 127. The fraction of sp³-hybridized carbons (Fsp3) is 0.200. The number of nitrogens with zero attached hydrogens (tertiary/aromatic N) is 2. The minimum atomic E-state index is 0.512. The highest BCUT2D eigenvalue weighted by molar-refractivity contribution is 14.1. The van der Waals surface area contributed by atoms with Crippen LogP contribution in [0.25, 0.3) is 11.5 Å². The molecule has 0 saturated heterocycles. The van der Waals surface area contributed by atoms with Crippen LogP contribution in [0.5, 0.6) is 5.75 Å². The number of rotatable bonds is 2. The first-order valence-corrected chi connectivity index (χ1v) is 5.43. The molecule has 2 rings (SSSR count). The first-order chi connectivity index (χ1) is 7.20. The molecule has 0 N–H and O–H groups in total. The molecule has 0 saturated carbocycles. The summed E-state index contributed by atoms with van der Waals surface area (Å²) in [5, 5.41) is 3.73. The second kappa shape index (κ2) is 4.18. The summed E-state index contributed by atoms with van der Waals surface area (Å²) in [6.45, 7) is 1.99. The van der Waals surface area contributed by atoms with E-state index in [1.54, 1.807) is 7.11 Å². The van der Waals surface area contributed by atoms with Gasteiger partial charge >= 0.3 is 0 Å². The summed E-state index contributed by atoms with van der Waals surface area (Å²) in [5.41, 5.74) is 1.95. The van der Waals surface area contributed by atoms with E-state index in [0.717, 1.165) is 16.9 Å². The van der Waals surface area contributed by atoms with Crippen LogP contribution < -0.4 is 4.74 Å². The van der Waals surface area contributed by atoms with Crippen LogP contribution in [0.2, 0.25) is 0 Å². The van der Waals surface area contributed by atoms with E-state index >= 15 is 0 Å². The van der Waals surface area contributed by atoms with E-state index in [-0.39, 0.29) is 0 Å². The van der Waals surface area contributed by atoms with Crippen LogP contribution >= 0.6 is 22.6 Å². The van der Waals surface area contributed by atoms with Gasteiger partial charge in [0.2, 0.25) is 3.83 Å². The molecule has 2 aromatic rings. The molecule has 0 unspecified atom stereocenters. The monoisotopic (exact) mass is 316 g/mol. The first-order valence-electron chi connectivity index (χ1n) is 4.35. The summed E-state index contributed by atoms with van der Waals surface area (Å²) in [7, 11) is 1.64. The summed E-state index contributed by atoms with van der Waals surface area (Å²) < 4.78 is 10.9. The van der Waals surface area contributed by atoms with Gasteiger partial charge in [0.1, 0.15) is 5.75 Å². The number of methoxy groups -OCH3 is 1. The minimum absolute atomic E-state index is 0.512. The Labute approximate surface area is 101 Å². The van der Waals surface area contributed by atoms with Crippen LogP contribution in [0.15, 0.2) is 22.7 Å². The third-order valence-corrected chi connectivity index (χ3v) is 2.49. The van der Waals surface area contributed by atoms with Crippen molar-refractivity contribution in [2.75, 3.05) is 7.11 Å². The van der Waals surface area contributed by atoms with Crippen LogP contribution in [0.4, 0.5) is 0 Å². The van der Waals surface area contributed by atoms with Crippen molar-refractivity contribution in [2.45, 2.75) is 6.92 Å². The maximum Gasteiger partial charge on any atom is 0.258 e. The van der Waals surface area contributed by atoms with Crippen LogP contribution in [0.3, 0.4) is 0 Å². The Bertz CT molecular complexity index is 482. The molecule has 0 atom stereocenters. The van der Waals surface area contributed by atoms with Crippen molar-refractivity contribution in [3.05, 3.63) is 27.6 Å². The number of aromatic nitrogens is 2. The van der Waals surface area contributed by atoms with Gasteiger partial charge in [0.25, 0.3) is 5.89 Å². The molecule has 5 heteroatoms. The molecule has 0 fully saturated rings. The van der Waals surface area contributed by atoms with Gasteiger partial charge in [0.05, 0.1) is 7.11 Å². The van der Waals surface area contributed by atoms with Gasteiger partial charge in [0.15, 0.2) is 0 Å². The number of benzene rings is 1. The molecule has 0 aliphatic rings. The fourth-order valence-electron chi connectivity index (χ4n) is 1.28. The van der Waals surface area contributed by atoms with Crippen molar-refractivity contribution < 1.29 is 9.26 Å². The molecular formula is C10H9IN2O2. The molecule has 4 nitrogen and oxygen atoms in total. The van der Waals surface area contributed by atoms with E-state index in [4.69, 9.17) is 9.26 Å². The van der Waals surface area contributed by atoms with Gasteiger partial charge in [0, 0.05) is 28.2 Å². The molecule has 0 bridgehead atoms. The van der Waals surface area contributed by atoms with Crippen LogP contribution in [0.1, 0.15) is 5.56 Å². The van der Waals surface area contributed by atoms with Crippen LogP contribution in [-0.2, 0) is 0 Å². The molecule has 0 aliphatic heterocycles. The Kier molecular flexibility index (Phi) is 2.90. The lowest BCUT2D eigenvalue weighted by molar-refractivity contribution is 0.410. The fourth-order valence-corrected chi connectivity index (χ4v) is 1.59. The van der Waals surface area contributed by atoms with E-state index in [0.29, 0.717) is 9.72 Å². The van der Waals surface area contributed by atoms with Gasteiger partial charge in [-0.25, -0.2) is 0 Å². The molecule has 15 heavy (non-hydrogen) atoms. The van der Waals surface area contributed by atoms with Crippen molar-refractivity contribution >= 4 is 22.6 Å². The minimum Gasteiger partial charge on any atom is -0.496 e. The summed E-state index contributed by atoms with van der Waals surface area (Å²) in [6.07, 6.45) is 0. The largest absolute Gasteiger partial charge is 0.496 e. The normalized spacial score (nSPS) is 10.3. The molecule has 1 aromatic carbocycles. The third kappa shape index (κ3) is 2.11. The van der Waals surface area contributed by atoms with Gasteiger partial charge in [-0.15, -0.1) is 0 Å². The van der Waals surface area contributed by atoms with Gasteiger partial charge in [-0.3, -0.25) is 0 Å². The van der Waals surface area contributed by atoms with E-state index in [1.807, 2.05) is 47.7 Å². The predicted octanol–water partition coefficient (Wildman–Crippen LogP) is 2.66. The number of hydrogen-bond acceptors (Lipinski definition) is 4. The summed E-state index contributed by atoms with van der Waals surface area (Å²) >= 11 is 2.00. The zero-order valence-corrected chi connectivity index (χ0v) is 10.5. The maximum atomic E-state index is 5.22. The molecule has 0 amide bonds. The topological polar surface area (TPSA) is 48.2 Å². The van der Waals surface area contributed by atoms with E-state index in [9.17, 15) is 0 Å². The second-order valence-corrected chi connectivity index (χ2v) is 4.02. The van der Waals surface area contributed by atoms with E-state index in [2.05, 4.69) is 10.1 Å². The van der Waals surface area contributed by atoms with Crippen molar-refractivity contribution in [3.8, 4) is 17.2 Å². The van der Waals surface area contributed by atoms with Crippen molar-refractivity contribution in [1.29, 1.82) is 0 Å². The number of aryl methyl sites for hydroxylation is 1. The average Bonchev–Trinajstić information content (AvgIpc) is 2.66. The van der Waals surface area contributed by atoms with Crippen LogP contribution in [0, 0.1) is 10.8 Å². The third-order valence-electron chi connectivity index (χ3n) is 2.06. The number of halogens is 1. The van der Waals surface area contributed by atoms with Crippen LogP contribution in [-0.4, -0.2) is 17.3 Å². The molecule has 1 aromatic heterocycles. The zero-order chi connectivity index (χ0) is 10.8. The lowest BCUT2D eigenvalue weighted by Crippen LogP contribution is -1.88. The van der Waals surface area contributed by atoms with Crippen molar-refractivity contribution in [1.82, 2.24) is 10.1 Å². The quantitative estimate of drug-likeness (QED) is 0.799. The summed E-state index contributed by atoms with van der Waals surface area (Å²) in [4.78, 5) is 4.14. The van der Waals surface area contributed by atoms with Gasteiger partial charge < -0.3 is 9.26 Å². The summed E-state index contributed by atoms with van der Waals surface area (Å²) in [6, 6.07) is 5.78. The Morgan fingerprint density at radius 1 is 1.40 bits per heavy atom. The predicted molar refractivity (Wildman–Crippen MR) is 63.7 cm³/mol. The average molecular weight is 316 g/mol. The maximum absolute atomic E-state index is 5.22. The lowest BCUT2D eigenvalue weighted by Gasteiger charge is -2.04. The molecule has 0 radical (unpaired) electrons. The standard InChI is InChI=1S/C10H9IN2O2/c1-6-3-4-7(5-8(6)14-2)9-12-10(11)13-15-9/h3-5H,1-2H3. The molecule has 78 valence electrons. The highest BCUT2D eigenvalue weighted by Crippen LogP contribution is 2.25. The Morgan fingerprint density at radius 3 is 2.80 bits per heavy atom. The second-order valence-electron chi connectivity index (χ2n) is 3.05. The Hall–Kier alpha value is -1.11. The zero-order valence-electron chi connectivity index (χ0n) is 8.32. The van der Waals surface area contributed by atoms with Gasteiger partial charge in [-0.2, -0.15) is 4.98 Å². The SMILES string of the molecule is COc1cc(-c2nc(I)no2)ccc1C. The van der Waals surface area contributed by atoms with Gasteiger partial charge in [-0.05, 0) is 24.6 Å². The molecule has 1 heterocycles. The molecular weight excluding hydrogens is 307 g/mol. The molecule has 0 aliphatic carbocycles. The lowest BCUT2D eigenvalue weighted by atomic mass is 10.1. The Balaban J connectivity index is 2.45. The summed E-state index contributed by atoms with van der Waals surface area (Å²) in [5.74, 6) is 1.33. The van der Waals surface area contributed by atoms with Gasteiger partial charge in [-0.1, -0.05) is 11.2 Å². The Morgan fingerprint density at radius 2 is 2.20 bits per heavy atom. The number of hydrogen-bond donors (Lipinski definition) is 0. The van der Waals surface area contributed by atoms with E-state index < -0.39 is 0 Å². The van der Waals surface area contributed by atoms with E-state index in [1.165, 1.54) is 0 Å².